The summed E-state index contributed by atoms with van der Waals surface area (Å²) >= 11 is 1.78. The van der Waals surface area contributed by atoms with E-state index in [1.807, 2.05) is 0 Å². The molecule has 0 amide bonds. The first-order valence-electron chi connectivity index (χ1n) is 5.58. The second-order valence-corrected chi connectivity index (χ2v) is 5.13. The third-order valence-electron chi connectivity index (χ3n) is 2.58. The summed E-state index contributed by atoms with van der Waals surface area (Å²) in [7, 11) is 0. The molecule has 2 heterocycles. The van der Waals surface area contributed by atoms with Crippen molar-refractivity contribution >= 4 is 11.8 Å². The summed E-state index contributed by atoms with van der Waals surface area (Å²) in [5, 5.41) is 17.2. The molecule has 1 aliphatic rings. The lowest BCUT2D eigenvalue weighted by Crippen LogP contribution is -2.28. The van der Waals surface area contributed by atoms with Gasteiger partial charge in [-0.05, 0) is 25.1 Å². The molecule has 5 nitrogen and oxygen atoms in total. The van der Waals surface area contributed by atoms with Gasteiger partial charge in [-0.2, -0.15) is 16.7 Å². The van der Waals surface area contributed by atoms with Crippen molar-refractivity contribution in [2.75, 3.05) is 18.8 Å². The molecule has 0 saturated carbocycles. The molecule has 1 aliphatic heterocycles. The summed E-state index contributed by atoms with van der Waals surface area (Å²) in [5.41, 5.74) is -0.958. The van der Waals surface area contributed by atoms with Crippen LogP contribution in [0, 0.1) is 0 Å². The molecule has 1 saturated heterocycles. The van der Waals surface area contributed by atoms with Gasteiger partial charge in [0.1, 0.15) is 0 Å². The zero-order valence-corrected chi connectivity index (χ0v) is 10.2. The van der Waals surface area contributed by atoms with Gasteiger partial charge in [0, 0.05) is 6.54 Å². The molecule has 2 rings (SSSR count). The van der Waals surface area contributed by atoms with Crippen LogP contribution in [0.25, 0.3) is 0 Å². The average molecular weight is 243 g/mol. The van der Waals surface area contributed by atoms with Gasteiger partial charge in [-0.3, -0.25) is 0 Å². The molecule has 1 atom stereocenters. The lowest BCUT2D eigenvalue weighted by atomic mass is 10.0. The van der Waals surface area contributed by atoms with Gasteiger partial charge in [-0.15, -0.1) is 0 Å². The van der Waals surface area contributed by atoms with E-state index in [0.29, 0.717) is 24.7 Å². The van der Waals surface area contributed by atoms with Crippen LogP contribution in [0.2, 0.25) is 0 Å². The van der Waals surface area contributed by atoms with Crippen molar-refractivity contribution in [2.24, 2.45) is 0 Å². The Kier molecular flexibility index (Phi) is 3.83. The number of β-amino-alcohol motifs (C(OH)–C–C–N with tert-alkyl or cyclic N) is 1. The first-order chi connectivity index (χ1) is 7.74. The highest BCUT2D eigenvalue weighted by Gasteiger charge is 2.38. The average Bonchev–Trinajstić information content (AvgIpc) is 2.88. The molecule has 16 heavy (non-hydrogen) atoms. The SMILES string of the molecule is CCCSCc1noc(C2(O)CCNC2)n1. The first kappa shape index (κ1) is 11.9. The van der Waals surface area contributed by atoms with Gasteiger partial charge in [0.25, 0.3) is 5.89 Å². The summed E-state index contributed by atoms with van der Waals surface area (Å²) in [4.78, 5) is 4.25. The smallest absolute Gasteiger partial charge is 0.260 e. The Morgan fingerprint density at radius 1 is 1.62 bits per heavy atom. The normalized spacial score (nSPS) is 25.1. The molecule has 90 valence electrons. The van der Waals surface area contributed by atoms with Crippen LogP contribution in [0.15, 0.2) is 4.52 Å². The molecule has 0 bridgehead atoms. The van der Waals surface area contributed by atoms with Crippen molar-refractivity contribution in [2.45, 2.75) is 31.1 Å². The molecule has 0 aromatic carbocycles. The van der Waals surface area contributed by atoms with Crippen molar-refractivity contribution < 1.29 is 9.63 Å². The van der Waals surface area contributed by atoms with E-state index in [9.17, 15) is 5.11 Å². The van der Waals surface area contributed by atoms with Crippen LogP contribution in [-0.2, 0) is 11.4 Å². The predicted molar refractivity (Wildman–Crippen MR) is 62.1 cm³/mol. The van der Waals surface area contributed by atoms with E-state index in [1.54, 1.807) is 11.8 Å². The number of thioether (sulfide) groups is 1. The number of nitrogens with one attached hydrogen (secondary N) is 1. The van der Waals surface area contributed by atoms with Crippen molar-refractivity contribution in [3.8, 4) is 0 Å². The Morgan fingerprint density at radius 3 is 3.19 bits per heavy atom. The summed E-state index contributed by atoms with van der Waals surface area (Å²) in [6, 6.07) is 0. The van der Waals surface area contributed by atoms with Crippen LogP contribution in [0.1, 0.15) is 31.5 Å². The maximum Gasteiger partial charge on any atom is 0.260 e. The largest absolute Gasteiger partial charge is 0.379 e. The zero-order valence-electron chi connectivity index (χ0n) is 9.40. The van der Waals surface area contributed by atoms with Gasteiger partial charge in [0.15, 0.2) is 11.4 Å². The fourth-order valence-electron chi connectivity index (χ4n) is 1.67. The number of rotatable bonds is 5. The van der Waals surface area contributed by atoms with Gasteiger partial charge >= 0.3 is 0 Å². The van der Waals surface area contributed by atoms with Crippen molar-refractivity contribution in [1.29, 1.82) is 0 Å². The number of hydrogen-bond acceptors (Lipinski definition) is 6. The van der Waals surface area contributed by atoms with E-state index in [2.05, 4.69) is 22.4 Å². The van der Waals surface area contributed by atoms with E-state index in [-0.39, 0.29) is 0 Å². The molecule has 1 aromatic heterocycles. The molecule has 1 unspecified atom stereocenters. The topological polar surface area (TPSA) is 71.2 Å². The maximum absolute atomic E-state index is 10.2. The Bertz CT molecular complexity index is 337. The van der Waals surface area contributed by atoms with Crippen molar-refractivity contribution in [3.05, 3.63) is 11.7 Å². The van der Waals surface area contributed by atoms with Gasteiger partial charge < -0.3 is 14.9 Å². The number of hydrogen-bond donors (Lipinski definition) is 2. The Balaban J connectivity index is 1.96. The van der Waals surface area contributed by atoms with Crippen LogP contribution in [-0.4, -0.2) is 34.1 Å². The summed E-state index contributed by atoms with van der Waals surface area (Å²) < 4.78 is 5.12. The first-order valence-corrected chi connectivity index (χ1v) is 6.74. The summed E-state index contributed by atoms with van der Waals surface area (Å²) in [5.74, 6) is 2.87. The van der Waals surface area contributed by atoms with Gasteiger partial charge in [-0.25, -0.2) is 0 Å². The van der Waals surface area contributed by atoms with Gasteiger partial charge in [-0.1, -0.05) is 12.1 Å². The highest BCUT2D eigenvalue weighted by molar-refractivity contribution is 7.98. The van der Waals surface area contributed by atoms with E-state index in [0.717, 1.165) is 24.5 Å². The Morgan fingerprint density at radius 2 is 2.50 bits per heavy atom. The molecular formula is C10H17N3O2S. The third-order valence-corrected chi connectivity index (χ3v) is 3.74. The minimum Gasteiger partial charge on any atom is -0.379 e. The second-order valence-electron chi connectivity index (χ2n) is 4.03. The summed E-state index contributed by atoms with van der Waals surface area (Å²) in [6.07, 6.45) is 1.78. The minimum atomic E-state index is -0.958. The zero-order chi connectivity index (χ0) is 11.4. The molecule has 1 fully saturated rings. The molecule has 6 heteroatoms. The van der Waals surface area contributed by atoms with Crippen LogP contribution in [0.3, 0.4) is 0 Å². The lowest BCUT2D eigenvalue weighted by molar-refractivity contribution is 0.0243. The Hall–Kier alpha value is -0.590. The highest BCUT2D eigenvalue weighted by Crippen LogP contribution is 2.26. The molecule has 0 spiro atoms. The van der Waals surface area contributed by atoms with Crippen molar-refractivity contribution in [3.63, 3.8) is 0 Å². The van der Waals surface area contributed by atoms with Crippen LogP contribution < -0.4 is 5.32 Å². The van der Waals surface area contributed by atoms with Crippen molar-refractivity contribution in [1.82, 2.24) is 15.5 Å². The monoisotopic (exact) mass is 243 g/mol. The van der Waals surface area contributed by atoms with E-state index < -0.39 is 5.60 Å². The van der Waals surface area contributed by atoms with E-state index in [4.69, 9.17) is 4.52 Å². The molecule has 2 N–H and O–H groups in total. The molecular weight excluding hydrogens is 226 g/mol. The summed E-state index contributed by atoms with van der Waals surface area (Å²) in [6.45, 7) is 3.43. The standard InChI is InChI=1S/C10H17N3O2S/c1-2-5-16-6-8-12-9(15-13-8)10(14)3-4-11-7-10/h11,14H,2-7H2,1H3. The lowest BCUT2D eigenvalue weighted by Gasteiger charge is -2.14. The van der Waals surface area contributed by atoms with Crippen LogP contribution in [0.5, 0.6) is 0 Å². The van der Waals surface area contributed by atoms with Gasteiger partial charge in [0.2, 0.25) is 0 Å². The molecule has 0 aliphatic carbocycles. The molecule has 1 aromatic rings. The van der Waals surface area contributed by atoms with E-state index in [1.165, 1.54) is 0 Å². The highest BCUT2D eigenvalue weighted by atomic mass is 32.2. The quantitative estimate of drug-likeness (QED) is 0.749. The molecule has 0 radical (unpaired) electrons. The van der Waals surface area contributed by atoms with E-state index >= 15 is 0 Å². The predicted octanol–water partition coefficient (Wildman–Crippen LogP) is 0.894. The minimum absolute atomic E-state index is 0.351. The van der Waals surface area contributed by atoms with Crippen LogP contribution >= 0.6 is 11.8 Å². The number of nitrogens with zero attached hydrogens (tertiary/aromatic N) is 2. The number of aliphatic hydroxyl groups is 1. The fourth-order valence-corrected chi connectivity index (χ4v) is 2.40. The fraction of sp³-hybridized carbons (Fsp3) is 0.800. The third kappa shape index (κ3) is 2.56. The number of aromatic nitrogens is 2. The maximum atomic E-state index is 10.2. The second kappa shape index (κ2) is 5.16. The Labute approximate surface area is 99.0 Å². The van der Waals surface area contributed by atoms with Gasteiger partial charge in [0.05, 0.1) is 5.75 Å². The van der Waals surface area contributed by atoms with Crippen LogP contribution in [0.4, 0.5) is 0 Å².